The first-order valence-corrected chi connectivity index (χ1v) is 8.00. The molecule has 0 aliphatic carbocycles. The molecule has 0 fully saturated rings. The van der Waals surface area contributed by atoms with Crippen LogP contribution in [-0.4, -0.2) is 15.3 Å². The second kappa shape index (κ2) is 5.95. The third-order valence-electron chi connectivity index (χ3n) is 3.05. The van der Waals surface area contributed by atoms with Gasteiger partial charge in [-0.2, -0.15) is 4.37 Å². The molecule has 1 aromatic carbocycles. The Morgan fingerprint density at radius 1 is 1.48 bits per heavy atom. The minimum atomic E-state index is -0.0788. The van der Waals surface area contributed by atoms with E-state index >= 15 is 0 Å². The van der Waals surface area contributed by atoms with E-state index in [9.17, 15) is 4.79 Å². The monoisotopic (exact) mass is 365 g/mol. The van der Waals surface area contributed by atoms with Gasteiger partial charge in [-0.05, 0) is 51.6 Å². The Labute approximate surface area is 133 Å². The number of carbonyl (C=O) groups is 1. The average Bonchev–Trinajstić information content (AvgIpc) is 3.06. The van der Waals surface area contributed by atoms with E-state index in [1.807, 2.05) is 25.1 Å². The molecule has 108 valence electrons. The minimum absolute atomic E-state index is 0.0788. The zero-order valence-electron chi connectivity index (χ0n) is 11.2. The van der Waals surface area contributed by atoms with Crippen molar-refractivity contribution >= 4 is 49.5 Å². The molecule has 0 saturated carbocycles. The number of anilines is 1. The van der Waals surface area contributed by atoms with Gasteiger partial charge in [0.2, 0.25) is 5.91 Å². The van der Waals surface area contributed by atoms with Crippen molar-refractivity contribution in [2.45, 2.75) is 19.8 Å². The molecule has 7 heteroatoms. The maximum Gasteiger partial charge on any atom is 0.229 e. The first kappa shape index (κ1) is 14.2. The van der Waals surface area contributed by atoms with E-state index in [0.29, 0.717) is 0 Å². The van der Waals surface area contributed by atoms with E-state index in [0.717, 1.165) is 38.3 Å². The second-order valence-corrected chi connectivity index (χ2v) is 6.07. The van der Waals surface area contributed by atoms with Crippen molar-refractivity contribution < 1.29 is 9.21 Å². The molecule has 0 unspecified atom stereocenters. The van der Waals surface area contributed by atoms with Gasteiger partial charge in [-0.25, -0.2) is 4.98 Å². The van der Waals surface area contributed by atoms with Gasteiger partial charge in [0.05, 0.1) is 16.6 Å². The molecule has 5 nitrogen and oxygen atoms in total. The number of rotatable bonds is 4. The summed E-state index contributed by atoms with van der Waals surface area (Å²) in [5.74, 6) is -0.0788. The number of amides is 1. The van der Waals surface area contributed by atoms with Crippen LogP contribution in [0.1, 0.15) is 18.2 Å². The molecule has 21 heavy (non-hydrogen) atoms. The predicted molar refractivity (Wildman–Crippen MR) is 85.5 cm³/mol. The Morgan fingerprint density at radius 2 is 2.33 bits per heavy atom. The van der Waals surface area contributed by atoms with Crippen molar-refractivity contribution in [1.29, 1.82) is 0 Å². The highest BCUT2D eigenvalue weighted by atomic mass is 79.9. The molecule has 3 rings (SSSR count). The molecule has 0 bridgehead atoms. The largest absolute Gasteiger partial charge is 0.443 e. The summed E-state index contributed by atoms with van der Waals surface area (Å²) in [6.45, 7) is 2.03. The van der Waals surface area contributed by atoms with Gasteiger partial charge in [0.15, 0.2) is 12.0 Å². The maximum atomic E-state index is 12.1. The summed E-state index contributed by atoms with van der Waals surface area (Å²) in [5, 5.41) is 3.63. The standard InChI is InChI=1S/C14H12BrN3O2S/c1-2-9-13(15)14(21-18-9)17-12(19)6-8-3-4-11-10(5-8)16-7-20-11/h3-5,7H,2,6H2,1H3,(H,17,19). The van der Waals surface area contributed by atoms with Gasteiger partial charge in [0, 0.05) is 0 Å². The fourth-order valence-corrected chi connectivity index (χ4v) is 3.56. The third kappa shape index (κ3) is 2.98. The Balaban J connectivity index is 1.72. The van der Waals surface area contributed by atoms with Crippen molar-refractivity contribution in [3.8, 4) is 0 Å². The average molecular weight is 366 g/mol. The number of halogens is 1. The van der Waals surface area contributed by atoms with Crippen LogP contribution < -0.4 is 5.32 Å². The molecule has 0 aliphatic rings. The van der Waals surface area contributed by atoms with E-state index in [1.54, 1.807) is 0 Å². The summed E-state index contributed by atoms with van der Waals surface area (Å²) in [5.41, 5.74) is 3.33. The zero-order chi connectivity index (χ0) is 14.8. The van der Waals surface area contributed by atoms with E-state index in [-0.39, 0.29) is 12.3 Å². The van der Waals surface area contributed by atoms with Gasteiger partial charge in [0.1, 0.15) is 10.5 Å². The van der Waals surface area contributed by atoms with Crippen LogP contribution in [-0.2, 0) is 17.6 Å². The van der Waals surface area contributed by atoms with Crippen molar-refractivity contribution in [3.63, 3.8) is 0 Å². The lowest BCUT2D eigenvalue weighted by molar-refractivity contribution is -0.115. The molecular weight excluding hydrogens is 354 g/mol. The minimum Gasteiger partial charge on any atom is -0.443 e. The fraction of sp³-hybridized carbons (Fsp3) is 0.214. The molecular formula is C14H12BrN3O2S. The highest BCUT2D eigenvalue weighted by Crippen LogP contribution is 2.30. The first-order valence-electron chi connectivity index (χ1n) is 6.43. The molecule has 3 aromatic rings. The van der Waals surface area contributed by atoms with Crippen LogP contribution in [0.3, 0.4) is 0 Å². The molecule has 2 aromatic heterocycles. The number of carbonyl (C=O) groups excluding carboxylic acids is 1. The smallest absolute Gasteiger partial charge is 0.229 e. The zero-order valence-corrected chi connectivity index (χ0v) is 13.6. The summed E-state index contributed by atoms with van der Waals surface area (Å²) in [6.07, 6.45) is 2.51. The second-order valence-electron chi connectivity index (χ2n) is 4.51. The summed E-state index contributed by atoms with van der Waals surface area (Å²) >= 11 is 4.75. The maximum absolute atomic E-state index is 12.1. The Kier molecular flexibility index (Phi) is 4.03. The Bertz CT molecular complexity index is 796. The number of aromatic nitrogens is 2. The van der Waals surface area contributed by atoms with Gasteiger partial charge in [0.25, 0.3) is 0 Å². The lowest BCUT2D eigenvalue weighted by Crippen LogP contribution is -2.13. The van der Waals surface area contributed by atoms with Crippen LogP contribution in [0.15, 0.2) is 33.5 Å². The van der Waals surface area contributed by atoms with Crippen LogP contribution in [0.2, 0.25) is 0 Å². The fourth-order valence-electron chi connectivity index (χ4n) is 1.98. The SMILES string of the molecule is CCc1nsc(NC(=O)Cc2ccc3ocnc3c2)c1Br. The van der Waals surface area contributed by atoms with E-state index in [4.69, 9.17) is 4.42 Å². The number of nitrogens with zero attached hydrogens (tertiary/aromatic N) is 2. The van der Waals surface area contributed by atoms with Crippen LogP contribution in [0.4, 0.5) is 5.00 Å². The molecule has 0 spiro atoms. The predicted octanol–water partition coefficient (Wildman–Crippen LogP) is 3.79. The van der Waals surface area contributed by atoms with Crippen LogP contribution >= 0.6 is 27.5 Å². The molecule has 1 amide bonds. The molecule has 2 heterocycles. The van der Waals surface area contributed by atoms with E-state index in [1.165, 1.54) is 17.9 Å². The third-order valence-corrected chi connectivity index (χ3v) is 4.96. The van der Waals surface area contributed by atoms with Gasteiger partial charge in [-0.3, -0.25) is 4.79 Å². The first-order chi connectivity index (χ1) is 10.2. The highest BCUT2D eigenvalue weighted by Gasteiger charge is 2.13. The summed E-state index contributed by atoms with van der Waals surface area (Å²) in [6, 6.07) is 5.55. The molecule has 0 saturated heterocycles. The Morgan fingerprint density at radius 3 is 3.10 bits per heavy atom. The van der Waals surface area contributed by atoms with E-state index in [2.05, 4.69) is 30.6 Å². The van der Waals surface area contributed by atoms with Gasteiger partial charge >= 0.3 is 0 Å². The van der Waals surface area contributed by atoms with Crippen LogP contribution in [0.25, 0.3) is 11.1 Å². The number of benzene rings is 1. The normalized spacial score (nSPS) is 11.0. The number of hydrogen-bond acceptors (Lipinski definition) is 5. The van der Waals surface area contributed by atoms with Crippen molar-refractivity contribution in [2.24, 2.45) is 0 Å². The van der Waals surface area contributed by atoms with Crippen LogP contribution in [0, 0.1) is 0 Å². The number of oxazole rings is 1. The number of nitrogens with one attached hydrogen (secondary N) is 1. The van der Waals surface area contributed by atoms with Crippen molar-refractivity contribution in [1.82, 2.24) is 9.36 Å². The summed E-state index contributed by atoms with van der Waals surface area (Å²) < 4.78 is 10.3. The van der Waals surface area contributed by atoms with E-state index < -0.39 is 0 Å². The number of aryl methyl sites for hydroxylation is 1. The molecule has 0 radical (unpaired) electrons. The van der Waals surface area contributed by atoms with Crippen molar-refractivity contribution in [2.75, 3.05) is 5.32 Å². The summed E-state index contributed by atoms with van der Waals surface area (Å²) in [7, 11) is 0. The van der Waals surface area contributed by atoms with Crippen LogP contribution in [0.5, 0.6) is 0 Å². The van der Waals surface area contributed by atoms with Gasteiger partial charge in [-0.15, -0.1) is 0 Å². The summed E-state index contributed by atoms with van der Waals surface area (Å²) in [4.78, 5) is 16.2. The number of fused-ring (bicyclic) bond motifs is 1. The quantitative estimate of drug-likeness (QED) is 0.763. The van der Waals surface area contributed by atoms with Gasteiger partial charge < -0.3 is 9.73 Å². The highest BCUT2D eigenvalue weighted by molar-refractivity contribution is 9.10. The van der Waals surface area contributed by atoms with Crippen molar-refractivity contribution in [3.05, 3.63) is 40.3 Å². The number of hydrogen-bond donors (Lipinski definition) is 1. The lowest BCUT2D eigenvalue weighted by Gasteiger charge is -2.03. The van der Waals surface area contributed by atoms with Gasteiger partial charge in [-0.1, -0.05) is 13.0 Å². The topological polar surface area (TPSA) is 68.0 Å². The molecule has 1 N–H and O–H groups in total. The molecule has 0 aliphatic heterocycles. The Hall–Kier alpha value is -1.73. The lowest BCUT2D eigenvalue weighted by atomic mass is 10.1. The molecule has 0 atom stereocenters.